The summed E-state index contributed by atoms with van der Waals surface area (Å²) in [6.45, 7) is 4.61. The number of carbonyl (C=O) groups is 1. The number of carbonyl (C=O) groups excluding carboxylic acids is 1. The minimum absolute atomic E-state index is 0.144. The Kier molecular flexibility index (Phi) is 6.66. The van der Waals surface area contributed by atoms with Crippen molar-refractivity contribution in [2.75, 3.05) is 26.5 Å². The summed E-state index contributed by atoms with van der Waals surface area (Å²) < 4.78 is 33.4. The van der Waals surface area contributed by atoms with Crippen molar-refractivity contribution < 1.29 is 17.9 Å². The summed E-state index contributed by atoms with van der Waals surface area (Å²) in [6, 6.07) is 10.5. The molecule has 0 aliphatic carbocycles. The predicted octanol–water partition coefficient (Wildman–Crippen LogP) is 3.19. The Balaban J connectivity index is 1.81. The molecule has 3 rings (SSSR count). The van der Waals surface area contributed by atoms with Gasteiger partial charge in [-0.25, -0.2) is 17.7 Å². The number of aromatic nitrogens is 2. The number of benzene rings is 2. The molecule has 0 spiro atoms. The summed E-state index contributed by atoms with van der Waals surface area (Å²) in [5, 5.41) is 2.90. The SMILES string of the molecule is CCn1c(CCC(=O)Nc2cc(C)ccc2OC)nc2cc(S(=O)(=O)N(C)C)ccc21. The Hall–Kier alpha value is -2.91. The highest BCUT2D eigenvalue weighted by Crippen LogP contribution is 2.26. The second kappa shape index (κ2) is 9.07. The van der Waals surface area contributed by atoms with Crippen molar-refractivity contribution in [2.45, 2.75) is 38.1 Å². The molecule has 166 valence electrons. The third kappa shape index (κ3) is 4.72. The van der Waals surface area contributed by atoms with E-state index in [9.17, 15) is 13.2 Å². The summed E-state index contributed by atoms with van der Waals surface area (Å²) in [5.41, 5.74) is 3.10. The molecule has 0 saturated heterocycles. The van der Waals surface area contributed by atoms with Crippen molar-refractivity contribution in [1.82, 2.24) is 13.9 Å². The maximum absolute atomic E-state index is 12.6. The van der Waals surface area contributed by atoms with Gasteiger partial charge in [0.25, 0.3) is 0 Å². The highest BCUT2D eigenvalue weighted by molar-refractivity contribution is 7.89. The number of nitrogens with one attached hydrogen (secondary N) is 1. The molecule has 1 amide bonds. The molecule has 3 aromatic rings. The van der Waals surface area contributed by atoms with Crippen molar-refractivity contribution in [1.29, 1.82) is 0 Å². The van der Waals surface area contributed by atoms with E-state index in [2.05, 4.69) is 10.3 Å². The summed E-state index contributed by atoms with van der Waals surface area (Å²) in [5.74, 6) is 1.20. The number of rotatable bonds is 8. The second-order valence-corrected chi connectivity index (χ2v) is 9.61. The lowest BCUT2D eigenvalue weighted by Crippen LogP contribution is -2.22. The number of sulfonamides is 1. The predicted molar refractivity (Wildman–Crippen MR) is 121 cm³/mol. The van der Waals surface area contributed by atoms with Crippen LogP contribution in [0.3, 0.4) is 0 Å². The highest BCUT2D eigenvalue weighted by Gasteiger charge is 2.20. The van der Waals surface area contributed by atoms with Crippen LogP contribution in [0.4, 0.5) is 5.69 Å². The van der Waals surface area contributed by atoms with Crippen molar-refractivity contribution in [3.63, 3.8) is 0 Å². The van der Waals surface area contributed by atoms with Crippen molar-refractivity contribution >= 4 is 32.7 Å². The van der Waals surface area contributed by atoms with E-state index in [0.29, 0.717) is 29.9 Å². The van der Waals surface area contributed by atoms with Crippen LogP contribution in [-0.4, -0.2) is 49.4 Å². The number of hydrogen-bond acceptors (Lipinski definition) is 5. The van der Waals surface area contributed by atoms with Crippen LogP contribution in [0, 0.1) is 6.92 Å². The minimum Gasteiger partial charge on any atom is -0.495 e. The van der Waals surface area contributed by atoms with Crippen molar-refractivity contribution in [3.8, 4) is 5.75 Å². The van der Waals surface area contributed by atoms with E-state index in [-0.39, 0.29) is 17.2 Å². The Morgan fingerprint density at radius 2 is 1.94 bits per heavy atom. The molecule has 0 radical (unpaired) electrons. The normalized spacial score (nSPS) is 11.8. The summed E-state index contributed by atoms with van der Waals surface area (Å²) in [6.07, 6.45) is 0.668. The second-order valence-electron chi connectivity index (χ2n) is 7.46. The number of amides is 1. The van der Waals surface area contributed by atoms with Crippen LogP contribution in [0.2, 0.25) is 0 Å². The number of imidazole rings is 1. The number of hydrogen-bond donors (Lipinski definition) is 1. The van der Waals surface area contributed by atoms with E-state index in [1.54, 1.807) is 25.3 Å². The van der Waals surface area contributed by atoms with E-state index in [1.807, 2.05) is 36.6 Å². The smallest absolute Gasteiger partial charge is 0.242 e. The third-order valence-corrected chi connectivity index (χ3v) is 6.91. The van der Waals surface area contributed by atoms with E-state index in [0.717, 1.165) is 16.9 Å². The van der Waals surface area contributed by atoms with Gasteiger partial charge in [-0.15, -0.1) is 0 Å². The number of methoxy groups -OCH3 is 1. The van der Waals surface area contributed by atoms with Crippen molar-refractivity contribution in [3.05, 3.63) is 47.8 Å². The monoisotopic (exact) mass is 444 g/mol. The Morgan fingerprint density at radius 3 is 2.58 bits per heavy atom. The Morgan fingerprint density at radius 1 is 1.19 bits per heavy atom. The molecule has 2 aromatic carbocycles. The zero-order chi connectivity index (χ0) is 22.8. The number of aryl methyl sites for hydroxylation is 3. The Bertz CT molecular complexity index is 1220. The molecule has 1 aromatic heterocycles. The quantitative estimate of drug-likeness (QED) is 0.576. The molecule has 0 saturated carbocycles. The molecular formula is C22H28N4O4S. The molecule has 8 nitrogen and oxygen atoms in total. The molecule has 0 fully saturated rings. The highest BCUT2D eigenvalue weighted by atomic mass is 32.2. The standard InChI is InChI=1S/C22H28N4O4S/c1-6-26-19-9-8-16(31(28,29)25(3)4)14-17(19)23-21(26)11-12-22(27)24-18-13-15(2)7-10-20(18)30-5/h7-10,13-14H,6,11-12H2,1-5H3,(H,24,27). The number of fused-ring (bicyclic) bond motifs is 1. The van der Waals surface area contributed by atoms with Crippen LogP contribution in [0.15, 0.2) is 41.3 Å². The van der Waals surface area contributed by atoms with Gasteiger partial charge in [-0.05, 0) is 49.7 Å². The van der Waals surface area contributed by atoms with Gasteiger partial charge in [0, 0.05) is 33.5 Å². The molecule has 31 heavy (non-hydrogen) atoms. The van der Waals surface area contributed by atoms with Gasteiger partial charge in [0.1, 0.15) is 11.6 Å². The van der Waals surface area contributed by atoms with Gasteiger partial charge >= 0.3 is 0 Å². The van der Waals surface area contributed by atoms with Crippen LogP contribution in [-0.2, 0) is 27.8 Å². The molecular weight excluding hydrogens is 416 g/mol. The topological polar surface area (TPSA) is 93.5 Å². The van der Waals surface area contributed by atoms with Crippen LogP contribution in [0.5, 0.6) is 5.75 Å². The maximum atomic E-state index is 12.6. The molecule has 1 N–H and O–H groups in total. The summed E-state index contributed by atoms with van der Waals surface area (Å²) in [4.78, 5) is 17.4. The first-order chi connectivity index (χ1) is 14.7. The largest absolute Gasteiger partial charge is 0.495 e. The number of anilines is 1. The van der Waals surface area contributed by atoms with Gasteiger partial charge in [-0.2, -0.15) is 0 Å². The summed E-state index contributed by atoms with van der Waals surface area (Å²) in [7, 11) is 1.02. The van der Waals surface area contributed by atoms with Gasteiger partial charge < -0.3 is 14.6 Å². The molecule has 0 bridgehead atoms. The first kappa shape index (κ1) is 22.8. The van der Waals surface area contributed by atoms with Crippen LogP contribution < -0.4 is 10.1 Å². The lowest BCUT2D eigenvalue weighted by atomic mass is 10.2. The summed E-state index contributed by atoms with van der Waals surface area (Å²) >= 11 is 0. The zero-order valence-electron chi connectivity index (χ0n) is 18.5. The average Bonchev–Trinajstić information content (AvgIpc) is 3.09. The zero-order valence-corrected chi connectivity index (χ0v) is 19.3. The number of nitrogens with zero attached hydrogens (tertiary/aromatic N) is 3. The molecule has 0 atom stereocenters. The number of ether oxygens (including phenoxy) is 1. The Labute approximate surface area is 182 Å². The van der Waals surface area contributed by atoms with E-state index in [1.165, 1.54) is 18.4 Å². The van der Waals surface area contributed by atoms with Gasteiger partial charge in [0.15, 0.2) is 0 Å². The fourth-order valence-corrected chi connectivity index (χ4v) is 4.35. The van der Waals surface area contributed by atoms with Crippen LogP contribution in [0.1, 0.15) is 24.7 Å². The van der Waals surface area contributed by atoms with E-state index in [4.69, 9.17) is 4.74 Å². The minimum atomic E-state index is -3.54. The lowest BCUT2D eigenvalue weighted by molar-refractivity contribution is -0.116. The van der Waals surface area contributed by atoms with Crippen LogP contribution in [0.25, 0.3) is 11.0 Å². The first-order valence-electron chi connectivity index (χ1n) is 10.0. The van der Waals surface area contributed by atoms with Gasteiger partial charge in [-0.3, -0.25) is 4.79 Å². The van der Waals surface area contributed by atoms with Gasteiger partial charge in [0.05, 0.1) is 28.7 Å². The van der Waals surface area contributed by atoms with Gasteiger partial charge in [-0.1, -0.05) is 6.07 Å². The van der Waals surface area contributed by atoms with Crippen LogP contribution >= 0.6 is 0 Å². The average molecular weight is 445 g/mol. The fraction of sp³-hybridized carbons (Fsp3) is 0.364. The molecule has 0 unspecified atom stereocenters. The van der Waals surface area contributed by atoms with Gasteiger partial charge in [0.2, 0.25) is 15.9 Å². The molecule has 9 heteroatoms. The van der Waals surface area contributed by atoms with E-state index < -0.39 is 10.0 Å². The lowest BCUT2D eigenvalue weighted by Gasteiger charge is -2.11. The molecule has 1 heterocycles. The molecule has 0 aliphatic rings. The van der Waals surface area contributed by atoms with E-state index >= 15 is 0 Å². The van der Waals surface area contributed by atoms with Crippen molar-refractivity contribution in [2.24, 2.45) is 0 Å². The maximum Gasteiger partial charge on any atom is 0.242 e. The fourth-order valence-electron chi connectivity index (χ4n) is 3.43. The molecule has 0 aliphatic heterocycles. The first-order valence-corrected chi connectivity index (χ1v) is 11.5. The third-order valence-electron chi connectivity index (χ3n) is 5.10.